The summed E-state index contributed by atoms with van der Waals surface area (Å²) in [7, 11) is 0. The van der Waals surface area contributed by atoms with E-state index >= 15 is 0 Å². The predicted molar refractivity (Wildman–Crippen MR) is 134 cm³/mol. The number of carbonyl (C=O) groups excluding carboxylic acids is 2. The van der Waals surface area contributed by atoms with Crippen LogP contribution in [0, 0.1) is 0 Å². The Balaban J connectivity index is 1.69. The summed E-state index contributed by atoms with van der Waals surface area (Å²) >= 11 is 1.64. The molecule has 0 fully saturated rings. The zero-order valence-corrected chi connectivity index (χ0v) is 19.7. The maximum absolute atomic E-state index is 13.2. The molecule has 0 aliphatic rings. The molecular weight excluding hydrogens is 430 g/mol. The summed E-state index contributed by atoms with van der Waals surface area (Å²) in [5, 5.41) is 4.00. The number of ketones is 1. The van der Waals surface area contributed by atoms with Gasteiger partial charge in [0, 0.05) is 15.4 Å². The summed E-state index contributed by atoms with van der Waals surface area (Å²) < 4.78 is 0. The summed E-state index contributed by atoms with van der Waals surface area (Å²) in [6, 6.07) is 26.2. The normalized spacial score (nSPS) is 11.2. The van der Waals surface area contributed by atoms with Crippen molar-refractivity contribution in [1.82, 2.24) is 0 Å². The molecule has 3 aromatic carbocycles. The molecule has 0 unspecified atom stereocenters. The smallest absolute Gasteiger partial charge is 0.312 e. The topological polar surface area (TPSA) is 55.7 Å². The van der Waals surface area contributed by atoms with Crippen molar-refractivity contribution >= 4 is 29.2 Å². The molecular formula is C28H29NO3S. The molecule has 3 rings (SSSR count). The Morgan fingerprint density at radius 3 is 2.00 bits per heavy atom. The molecule has 5 heteroatoms. The molecule has 3 aromatic rings. The highest BCUT2D eigenvalue weighted by Crippen LogP contribution is 2.27. The highest BCUT2D eigenvalue weighted by Gasteiger charge is 2.17. The maximum Gasteiger partial charge on any atom is 0.365 e. The van der Waals surface area contributed by atoms with Crippen LogP contribution in [0.1, 0.15) is 66.2 Å². The second kappa shape index (κ2) is 13.4. The number of oxime groups is 1. The van der Waals surface area contributed by atoms with Gasteiger partial charge in [-0.15, -0.1) is 0 Å². The highest BCUT2D eigenvalue weighted by molar-refractivity contribution is 7.99. The van der Waals surface area contributed by atoms with Gasteiger partial charge in [-0.05, 0) is 61.4 Å². The number of hydrogen-bond donors (Lipinski definition) is 0. The van der Waals surface area contributed by atoms with Gasteiger partial charge < -0.3 is 4.84 Å². The van der Waals surface area contributed by atoms with E-state index in [-0.39, 0.29) is 11.5 Å². The van der Waals surface area contributed by atoms with Crippen LogP contribution < -0.4 is 0 Å². The zero-order chi connectivity index (χ0) is 23.3. The molecule has 0 aliphatic heterocycles. The van der Waals surface area contributed by atoms with Crippen molar-refractivity contribution < 1.29 is 14.4 Å². The minimum Gasteiger partial charge on any atom is -0.312 e. The number of unbranched alkanes of at least 4 members (excludes halogenated alkanes) is 4. The van der Waals surface area contributed by atoms with Gasteiger partial charge in [0.2, 0.25) is 5.78 Å². The van der Waals surface area contributed by atoms with Crippen LogP contribution in [0.5, 0.6) is 0 Å². The molecule has 0 atom stereocenters. The van der Waals surface area contributed by atoms with E-state index in [2.05, 4.69) is 12.1 Å². The average molecular weight is 460 g/mol. The Bertz CT molecular complexity index is 1050. The Morgan fingerprint density at radius 1 is 0.727 bits per heavy atom. The molecule has 0 amide bonds. The predicted octanol–water partition coefficient (Wildman–Crippen LogP) is 7.59. The third kappa shape index (κ3) is 8.03. The molecule has 170 valence electrons. The standard InChI is InChI=1S/C28H29NO3S/c1-2-3-4-5-12-17-26(29-32-28(31)23-13-8-6-9-14-23)27(30)22-18-20-25(21-19-22)33-24-15-10-7-11-16-24/h6-11,13-16,18-21H,2-5,12,17H2,1H3/b29-26+. The molecule has 0 N–H and O–H groups in total. The Morgan fingerprint density at radius 2 is 1.33 bits per heavy atom. The van der Waals surface area contributed by atoms with Gasteiger partial charge in [0.25, 0.3) is 0 Å². The molecule has 0 aliphatic carbocycles. The van der Waals surface area contributed by atoms with Gasteiger partial charge in [-0.1, -0.05) is 85.9 Å². The summed E-state index contributed by atoms with van der Waals surface area (Å²) in [6.45, 7) is 2.17. The van der Waals surface area contributed by atoms with Gasteiger partial charge in [0.05, 0.1) is 5.56 Å². The average Bonchev–Trinajstić information content (AvgIpc) is 2.87. The minimum absolute atomic E-state index is 0.206. The SMILES string of the molecule is CCCCCCC/C(=N\OC(=O)c1ccccc1)C(=O)c1ccc(Sc2ccccc2)cc1. The van der Waals surface area contributed by atoms with Crippen LogP contribution in [0.4, 0.5) is 0 Å². The van der Waals surface area contributed by atoms with E-state index in [1.807, 2.05) is 48.5 Å². The molecule has 0 saturated heterocycles. The summed E-state index contributed by atoms with van der Waals surface area (Å²) in [5.41, 5.74) is 1.22. The number of hydrogen-bond acceptors (Lipinski definition) is 5. The monoisotopic (exact) mass is 459 g/mol. The summed E-state index contributed by atoms with van der Waals surface area (Å²) in [4.78, 5) is 32.8. The minimum atomic E-state index is -0.568. The van der Waals surface area contributed by atoms with Gasteiger partial charge in [0.1, 0.15) is 5.71 Å². The van der Waals surface area contributed by atoms with Crippen molar-refractivity contribution in [3.05, 3.63) is 96.1 Å². The first-order valence-electron chi connectivity index (χ1n) is 11.4. The lowest BCUT2D eigenvalue weighted by Gasteiger charge is -2.07. The lowest BCUT2D eigenvalue weighted by Crippen LogP contribution is -2.16. The first-order valence-corrected chi connectivity index (χ1v) is 12.2. The van der Waals surface area contributed by atoms with Crippen LogP contribution in [0.3, 0.4) is 0 Å². The lowest BCUT2D eigenvalue weighted by molar-refractivity contribution is 0.0514. The van der Waals surface area contributed by atoms with E-state index in [0.717, 1.165) is 35.5 Å². The van der Waals surface area contributed by atoms with Crippen molar-refractivity contribution in [2.24, 2.45) is 5.16 Å². The zero-order valence-electron chi connectivity index (χ0n) is 18.9. The number of Topliss-reactive ketones (excluding diaryl/α,β-unsaturated/α-hetero) is 1. The van der Waals surface area contributed by atoms with Crippen molar-refractivity contribution in [1.29, 1.82) is 0 Å². The summed E-state index contributed by atoms with van der Waals surface area (Å²) in [5.74, 6) is -0.774. The van der Waals surface area contributed by atoms with E-state index in [1.54, 1.807) is 48.2 Å². The van der Waals surface area contributed by atoms with Crippen LogP contribution in [0.15, 0.2) is 99.9 Å². The van der Waals surface area contributed by atoms with Crippen molar-refractivity contribution in [2.75, 3.05) is 0 Å². The van der Waals surface area contributed by atoms with E-state index in [4.69, 9.17) is 4.84 Å². The second-order valence-corrected chi connectivity index (χ2v) is 8.86. The maximum atomic E-state index is 13.2. The van der Waals surface area contributed by atoms with Gasteiger partial charge in [-0.25, -0.2) is 4.79 Å². The molecule has 0 aromatic heterocycles. The van der Waals surface area contributed by atoms with Crippen LogP contribution in [0.2, 0.25) is 0 Å². The first kappa shape index (κ1) is 24.5. The molecule has 0 spiro atoms. The molecule has 0 radical (unpaired) electrons. The quantitative estimate of drug-likeness (QED) is 0.0920. The molecule has 0 saturated carbocycles. The lowest BCUT2D eigenvalue weighted by atomic mass is 10.0. The molecule has 0 bridgehead atoms. The molecule has 4 nitrogen and oxygen atoms in total. The van der Waals surface area contributed by atoms with Crippen LogP contribution in [-0.2, 0) is 4.84 Å². The number of benzene rings is 3. The third-order valence-electron chi connectivity index (χ3n) is 5.12. The van der Waals surface area contributed by atoms with Gasteiger partial charge in [-0.3, -0.25) is 4.79 Å². The van der Waals surface area contributed by atoms with E-state index in [1.165, 1.54) is 6.42 Å². The van der Waals surface area contributed by atoms with Crippen LogP contribution >= 0.6 is 11.8 Å². The number of carbonyl (C=O) groups is 2. The van der Waals surface area contributed by atoms with Crippen molar-refractivity contribution in [3.8, 4) is 0 Å². The van der Waals surface area contributed by atoms with E-state index < -0.39 is 5.97 Å². The van der Waals surface area contributed by atoms with Crippen LogP contribution in [0.25, 0.3) is 0 Å². The van der Waals surface area contributed by atoms with Crippen LogP contribution in [-0.4, -0.2) is 17.5 Å². The third-order valence-corrected chi connectivity index (χ3v) is 6.14. The highest BCUT2D eigenvalue weighted by atomic mass is 32.2. The Kier molecular flexibility index (Phi) is 9.92. The first-order chi connectivity index (χ1) is 16.2. The fraction of sp³-hybridized carbons (Fsp3) is 0.250. The number of nitrogens with zero attached hydrogens (tertiary/aromatic N) is 1. The Hall–Kier alpha value is -3.18. The molecule has 33 heavy (non-hydrogen) atoms. The van der Waals surface area contributed by atoms with E-state index in [9.17, 15) is 9.59 Å². The summed E-state index contributed by atoms with van der Waals surface area (Å²) in [6.07, 6.45) is 5.76. The second-order valence-electron chi connectivity index (χ2n) is 7.72. The molecule has 0 heterocycles. The van der Waals surface area contributed by atoms with Gasteiger partial charge in [-0.2, -0.15) is 0 Å². The van der Waals surface area contributed by atoms with Crippen molar-refractivity contribution in [3.63, 3.8) is 0 Å². The van der Waals surface area contributed by atoms with Gasteiger partial charge in [0.15, 0.2) is 0 Å². The number of rotatable bonds is 12. The van der Waals surface area contributed by atoms with Gasteiger partial charge >= 0.3 is 5.97 Å². The largest absolute Gasteiger partial charge is 0.365 e. The Labute approximate surface area is 200 Å². The van der Waals surface area contributed by atoms with E-state index in [0.29, 0.717) is 17.5 Å². The fourth-order valence-corrected chi connectivity index (χ4v) is 4.12. The van der Waals surface area contributed by atoms with Crippen molar-refractivity contribution in [2.45, 2.75) is 55.2 Å². The fourth-order valence-electron chi connectivity index (χ4n) is 3.29.